The SMILES string of the molecule is CC1CCC(CP(C(C)(C)C)C(C)(C)C)CC1C. The van der Waals surface area contributed by atoms with E-state index in [-0.39, 0.29) is 7.92 Å². The van der Waals surface area contributed by atoms with Crippen molar-refractivity contribution in [3.63, 3.8) is 0 Å². The molecule has 1 heteroatoms. The lowest BCUT2D eigenvalue weighted by atomic mass is 9.76. The zero-order valence-electron chi connectivity index (χ0n) is 14.0. The van der Waals surface area contributed by atoms with Gasteiger partial charge in [-0.1, -0.05) is 69.7 Å². The summed E-state index contributed by atoms with van der Waals surface area (Å²) in [5.41, 5.74) is 0. The first kappa shape index (κ1) is 16.5. The van der Waals surface area contributed by atoms with E-state index < -0.39 is 0 Å². The summed E-state index contributed by atoms with van der Waals surface area (Å²) in [6.45, 7) is 19.7. The van der Waals surface area contributed by atoms with Gasteiger partial charge in [0, 0.05) is 0 Å². The molecule has 0 aromatic rings. The van der Waals surface area contributed by atoms with Gasteiger partial charge in [-0.2, -0.15) is 0 Å². The summed E-state index contributed by atoms with van der Waals surface area (Å²) in [6, 6.07) is 0. The molecule has 1 aliphatic rings. The largest absolute Gasteiger partial charge is 0.0954 e. The highest BCUT2D eigenvalue weighted by atomic mass is 31.1. The van der Waals surface area contributed by atoms with Gasteiger partial charge in [0.05, 0.1) is 0 Å². The quantitative estimate of drug-likeness (QED) is 0.529. The Hall–Kier alpha value is 0.430. The second-order valence-corrected chi connectivity index (χ2v) is 12.5. The molecule has 0 aliphatic heterocycles. The van der Waals surface area contributed by atoms with Crippen molar-refractivity contribution in [2.75, 3.05) is 6.16 Å². The molecule has 108 valence electrons. The van der Waals surface area contributed by atoms with E-state index in [9.17, 15) is 0 Å². The maximum absolute atomic E-state index is 2.47. The minimum Gasteiger partial charge on any atom is -0.0954 e. The van der Waals surface area contributed by atoms with Gasteiger partial charge in [0.1, 0.15) is 0 Å². The summed E-state index contributed by atoms with van der Waals surface area (Å²) in [5, 5.41) is 1.000. The van der Waals surface area contributed by atoms with Crippen molar-refractivity contribution in [1.29, 1.82) is 0 Å². The van der Waals surface area contributed by atoms with Crippen LogP contribution >= 0.6 is 7.92 Å². The third kappa shape index (κ3) is 4.52. The molecule has 0 aromatic heterocycles. The van der Waals surface area contributed by atoms with Gasteiger partial charge in [0.2, 0.25) is 0 Å². The molecule has 1 saturated carbocycles. The minimum atomic E-state index is 0.101. The lowest BCUT2D eigenvalue weighted by molar-refractivity contribution is 0.222. The van der Waals surface area contributed by atoms with E-state index in [4.69, 9.17) is 0 Å². The molecule has 1 rings (SSSR count). The molecule has 0 nitrogen and oxygen atoms in total. The number of rotatable bonds is 2. The molecular formula is C17H35P. The molecule has 0 amide bonds. The molecule has 0 bridgehead atoms. The van der Waals surface area contributed by atoms with Crippen molar-refractivity contribution in [2.24, 2.45) is 17.8 Å². The minimum absolute atomic E-state index is 0.101. The molecule has 0 spiro atoms. The fraction of sp³-hybridized carbons (Fsp3) is 1.00. The summed E-state index contributed by atoms with van der Waals surface area (Å²) >= 11 is 0. The Morgan fingerprint density at radius 2 is 1.33 bits per heavy atom. The van der Waals surface area contributed by atoms with Crippen LogP contribution in [0.1, 0.15) is 74.7 Å². The van der Waals surface area contributed by atoms with Crippen molar-refractivity contribution in [3.8, 4) is 0 Å². The molecule has 18 heavy (non-hydrogen) atoms. The van der Waals surface area contributed by atoms with Gasteiger partial charge in [0.25, 0.3) is 0 Å². The first-order valence-corrected chi connectivity index (χ1v) is 9.32. The lowest BCUT2D eigenvalue weighted by Gasteiger charge is -2.45. The topological polar surface area (TPSA) is 0 Å². The molecule has 1 fully saturated rings. The summed E-state index contributed by atoms with van der Waals surface area (Å²) in [6.07, 6.45) is 5.92. The van der Waals surface area contributed by atoms with E-state index in [1.54, 1.807) is 0 Å². The highest BCUT2D eigenvalue weighted by Crippen LogP contribution is 2.61. The summed E-state index contributed by atoms with van der Waals surface area (Å²) in [7, 11) is 0.101. The van der Waals surface area contributed by atoms with Gasteiger partial charge in [0.15, 0.2) is 0 Å². The van der Waals surface area contributed by atoms with E-state index in [1.165, 1.54) is 25.4 Å². The predicted molar refractivity (Wildman–Crippen MR) is 87.0 cm³/mol. The van der Waals surface area contributed by atoms with E-state index in [2.05, 4.69) is 55.4 Å². The Balaban J connectivity index is 2.68. The molecular weight excluding hydrogens is 235 g/mol. The van der Waals surface area contributed by atoms with Gasteiger partial charge in [-0.25, -0.2) is 0 Å². The van der Waals surface area contributed by atoms with Crippen LogP contribution in [0.4, 0.5) is 0 Å². The second kappa shape index (κ2) is 5.82. The van der Waals surface area contributed by atoms with Gasteiger partial charge >= 0.3 is 0 Å². The van der Waals surface area contributed by atoms with Crippen LogP contribution in [0.3, 0.4) is 0 Å². The molecule has 3 atom stereocenters. The van der Waals surface area contributed by atoms with Gasteiger partial charge in [-0.15, -0.1) is 0 Å². The molecule has 1 aliphatic carbocycles. The molecule has 0 N–H and O–H groups in total. The zero-order chi connectivity index (χ0) is 14.1. The number of hydrogen-bond acceptors (Lipinski definition) is 0. The summed E-state index contributed by atoms with van der Waals surface area (Å²) in [5.74, 6) is 2.90. The molecule has 0 radical (unpaired) electrons. The highest BCUT2D eigenvalue weighted by Gasteiger charge is 2.37. The second-order valence-electron chi connectivity index (χ2n) is 8.59. The first-order chi connectivity index (χ1) is 8.01. The normalized spacial score (nSPS) is 30.8. The van der Waals surface area contributed by atoms with Crippen molar-refractivity contribution in [3.05, 3.63) is 0 Å². The highest BCUT2D eigenvalue weighted by molar-refractivity contribution is 7.60. The van der Waals surface area contributed by atoms with E-state index >= 15 is 0 Å². The Morgan fingerprint density at radius 1 is 0.833 bits per heavy atom. The van der Waals surface area contributed by atoms with Gasteiger partial charge in [-0.05, 0) is 47.1 Å². The van der Waals surface area contributed by atoms with Crippen molar-refractivity contribution < 1.29 is 0 Å². The van der Waals surface area contributed by atoms with E-state index in [0.29, 0.717) is 10.3 Å². The van der Waals surface area contributed by atoms with Crippen LogP contribution in [0.15, 0.2) is 0 Å². The average molecular weight is 270 g/mol. The van der Waals surface area contributed by atoms with Crippen LogP contribution in [0, 0.1) is 17.8 Å². The first-order valence-electron chi connectivity index (χ1n) is 7.79. The summed E-state index contributed by atoms with van der Waals surface area (Å²) < 4.78 is 0. The average Bonchev–Trinajstić information content (AvgIpc) is 2.16. The Morgan fingerprint density at radius 3 is 1.72 bits per heavy atom. The lowest BCUT2D eigenvalue weighted by Crippen LogP contribution is -2.31. The van der Waals surface area contributed by atoms with Gasteiger partial charge < -0.3 is 0 Å². The molecule has 0 heterocycles. The zero-order valence-corrected chi connectivity index (χ0v) is 14.9. The summed E-state index contributed by atoms with van der Waals surface area (Å²) in [4.78, 5) is 0. The van der Waals surface area contributed by atoms with Crippen molar-refractivity contribution in [1.82, 2.24) is 0 Å². The van der Waals surface area contributed by atoms with Crippen LogP contribution in [-0.4, -0.2) is 16.5 Å². The maximum atomic E-state index is 2.47. The Bertz CT molecular complexity index is 242. The molecule has 3 unspecified atom stereocenters. The van der Waals surface area contributed by atoms with Crippen LogP contribution in [-0.2, 0) is 0 Å². The fourth-order valence-electron chi connectivity index (χ4n) is 3.64. The van der Waals surface area contributed by atoms with Crippen molar-refractivity contribution >= 4 is 7.92 Å². The Labute approximate surface area is 117 Å². The smallest absolute Gasteiger partial charge is 0.0175 e. The standard InChI is InChI=1S/C17H35P/c1-13-9-10-15(11-14(13)2)12-18(16(3,4)5)17(6,7)8/h13-15H,9-12H2,1-8H3. The van der Waals surface area contributed by atoms with Crippen LogP contribution in [0.25, 0.3) is 0 Å². The maximum Gasteiger partial charge on any atom is -0.0175 e. The monoisotopic (exact) mass is 270 g/mol. The predicted octanol–water partition coefficient (Wildman–Crippen LogP) is 6.14. The van der Waals surface area contributed by atoms with Crippen LogP contribution < -0.4 is 0 Å². The number of hydrogen-bond donors (Lipinski definition) is 0. The Kier molecular flexibility index (Phi) is 5.33. The van der Waals surface area contributed by atoms with E-state index in [0.717, 1.165) is 17.8 Å². The molecule has 0 saturated heterocycles. The fourth-order valence-corrected chi connectivity index (χ4v) is 7.59. The van der Waals surface area contributed by atoms with Crippen LogP contribution in [0.2, 0.25) is 0 Å². The van der Waals surface area contributed by atoms with E-state index in [1.807, 2.05) is 0 Å². The van der Waals surface area contributed by atoms with Crippen molar-refractivity contribution in [2.45, 2.75) is 85.0 Å². The van der Waals surface area contributed by atoms with Gasteiger partial charge in [-0.3, -0.25) is 0 Å². The third-order valence-corrected chi connectivity index (χ3v) is 8.89. The third-order valence-electron chi connectivity index (χ3n) is 4.77. The molecule has 0 aromatic carbocycles. The van der Waals surface area contributed by atoms with Crippen LogP contribution in [0.5, 0.6) is 0 Å².